The number of aromatic nitrogens is 2. The van der Waals surface area contributed by atoms with E-state index in [1.807, 2.05) is 65.6 Å². The molecule has 0 saturated carbocycles. The first-order chi connectivity index (χ1) is 17.6. The zero-order valence-corrected chi connectivity index (χ0v) is 21.4. The molecule has 0 bridgehead atoms. The maximum Gasteiger partial charge on any atom is 0.253 e. The topological polar surface area (TPSA) is 50.1 Å². The molecule has 3 aromatic carbocycles. The molecule has 5 aromatic rings. The Hall–Kier alpha value is -3.39. The predicted molar refractivity (Wildman–Crippen MR) is 145 cm³/mol. The number of carbonyl (C=O) groups excluding carboxylic acids is 1. The van der Waals surface area contributed by atoms with E-state index in [1.165, 1.54) is 0 Å². The molecule has 1 fully saturated rings. The smallest absolute Gasteiger partial charge is 0.253 e. The fourth-order valence-electron chi connectivity index (χ4n) is 4.83. The minimum absolute atomic E-state index is 0.0970. The van der Waals surface area contributed by atoms with Crippen molar-refractivity contribution in [3.05, 3.63) is 89.1 Å². The predicted octanol–water partition coefficient (Wildman–Crippen LogP) is 5.84. The van der Waals surface area contributed by atoms with Gasteiger partial charge in [-0.2, -0.15) is 0 Å². The number of nitrogens with zero attached hydrogens (tertiary/aromatic N) is 4. The van der Waals surface area contributed by atoms with E-state index in [9.17, 15) is 4.79 Å². The number of piperazine rings is 1. The van der Waals surface area contributed by atoms with Crippen LogP contribution in [0.3, 0.4) is 0 Å². The fourth-order valence-corrected chi connectivity index (χ4v) is 6.15. The number of ether oxygens (including phenoxy) is 1. The largest absolute Gasteiger partial charge is 0.497 e. The number of rotatable bonds is 5. The van der Waals surface area contributed by atoms with Crippen molar-refractivity contribution in [3.63, 3.8) is 0 Å². The first-order valence-corrected chi connectivity index (χ1v) is 13.1. The lowest BCUT2D eigenvalue weighted by Gasteiger charge is -2.34. The SMILES string of the molecule is COc1cccc(-c2nc3sc4cc(Cl)ccc4n3c2CN2CCN(C(=O)c3ccccc3)CC2)c1. The van der Waals surface area contributed by atoms with Crippen molar-refractivity contribution < 1.29 is 9.53 Å². The molecule has 36 heavy (non-hydrogen) atoms. The number of methoxy groups -OCH3 is 1. The van der Waals surface area contributed by atoms with E-state index in [-0.39, 0.29) is 5.91 Å². The molecular formula is C28H25ClN4O2S. The van der Waals surface area contributed by atoms with Crippen LogP contribution in [-0.4, -0.2) is 58.4 Å². The van der Waals surface area contributed by atoms with Gasteiger partial charge in [0.2, 0.25) is 0 Å². The number of benzene rings is 3. The fraction of sp³-hybridized carbons (Fsp3) is 0.214. The molecular weight excluding hydrogens is 492 g/mol. The Labute approximate surface area is 218 Å². The molecule has 6 nitrogen and oxygen atoms in total. The lowest BCUT2D eigenvalue weighted by atomic mass is 10.1. The lowest BCUT2D eigenvalue weighted by Crippen LogP contribution is -2.48. The number of carbonyl (C=O) groups is 1. The average Bonchev–Trinajstić information content (AvgIpc) is 3.45. The molecule has 6 rings (SSSR count). The van der Waals surface area contributed by atoms with E-state index >= 15 is 0 Å². The van der Waals surface area contributed by atoms with Gasteiger partial charge in [0.25, 0.3) is 5.91 Å². The Bertz CT molecular complexity index is 1550. The molecule has 0 aliphatic carbocycles. The summed E-state index contributed by atoms with van der Waals surface area (Å²) in [5.74, 6) is 0.902. The zero-order chi connectivity index (χ0) is 24.6. The van der Waals surface area contributed by atoms with E-state index < -0.39 is 0 Å². The normalized spacial score (nSPS) is 14.6. The number of imidazole rings is 1. The summed E-state index contributed by atoms with van der Waals surface area (Å²) in [4.78, 5) is 23.3. The third kappa shape index (κ3) is 4.23. The molecule has 0 atom stereocenters. The molecule has 0 N–H and O–H groups in total. The van der Waals surface area contributed by atoms with Gasteiger partial charge in [0.05, 0.1) is 28.7 Å². The molecule has 0 spiro atoms. The lowest BCUT2D eigenvalue weighted by molar-refractivity contribution is 0.0627. The van der Waals surface area contributed by atoms with Crippen molar-refractivity contribution in [1.82, 2.24) is 19.2 Å². The number of thiazole rings is 1. The molecule has 3 heterocycles. The molecule has 1 saturated heterocycles. The standard InChI is InChI=1S/C28H25ClN4O2S/c1-35-22-9-5-8-20(16-22)26-24(33-23-11-10-21(29)17-25(23)36-28(33)30-26)18-31-12-14-32(15-13-31)27(34)19-6-3-2-4-7-19/h2-11,16-17H,12-15,18H2,1H3. The molecule has 2 aromatic heterocycles. The summed E-state index contributed by atoms with van der Waals surface area (Å²) in [6.07, 6.45) is 0. The van der Waals surface area contributed by atoms with E-state index in [1.54, 1.807) is 18.4 Å². The third-order valence-corrected chi connectivity index (χ3v) is 7.94. The van der Waals surface area contributed by atoms with Crippen molar-refractivity contribution in [2.45, 2.75) is 6.54 Å². The van der Waals surface area contributed by atoms with Gasteiger partial charge >= 0.3 is 0 Å². The van der Waals surface area contributed by atoms with Crippen LogP contribution in [-0.2, 0) is 6.54 Å². The Morgan fingerprint density at radius 1 is 1.00 bits per heavy atom. The maximum absolute atomic E-state index is 12.9. The zero-order valence-electron chi connectivity index (χ0n) is 19.9. The maximum atomic E-state index is 12.9. The highest BCUT2D eigenvalue weighted by atomic mass is 35.5. The summed E-state index contributed by atoms with van der Waals surface area (Å²) < 4.78 is 8.85. The first kappa shape index (κ1) is 23.0. The van der Waals surface area contributed by atoms with Gasteiger partial charge in [-0.25, -0.2) is 4.98 Å². The van der Waals surface area contributed by atoms with Gasteiger partial charge in [-0.15, -0.1) is 0 Å². The van der Waals surface area contributed by atoms with Crippen LogP contribution in [0.4, 0.5) is 0 Å². The van der Waals surface area contributed by atoms with Crippen LogP contribution in [0.25, 0.3) is 26.4 Å². The van der Waals surface area contributed by atoms with Gasteiger partial charge in [0, 0.05) is 48.9 Å². The highest BCUT2D eigenvalue weighted by Gasteiger charge is 2.25. The molecule has 1 aliphatic heterocycles. The van der Waals surface area contributed by atoms with Crippen LogP contribution in [0, 0.1) is 0 Å². The van der Waals surface area contributed by atoms with E-state index in [0.717, 1.165) is 68.1 Å². The average molecular weight is 517 g/mol. The molecule has 0 unspecified atom stereocenters. The van der Waals surface area contributed by atoms with Crippen LogP contribution in [0.2, 0.25) is 5.02 Å². The van der Waals surface area contributed by atoms with Crippen LogP contribution in [0.1, 0.15) is 16.1 Å². The van der Waals surface area contributed by atoms with Crippen molar-refractivity contribution in [3.8, 4) is 17.0 Å². The molecule has 1 aliphatic rings. The minimum atomic E-state index is 0.0970. The van der Waals surface area contributed by atoms with Gasteiger partial charge in [0.15, 0.2) is 4.96 Å². The second-order valence-electron chi connectivity index (χ2n) is 8.91. The van der Waals surface area contributed by atoms with E-state index in [0.29, 0.717) is 13.1 Å². The van der Waals surface area contributed by atoms with Crippen molar-refractivity contribution in [1.29, 1.82) is 0 Å². The van der Waals surface area contributed by atoms with E-state index in [4.69, 9.17) is 21.3 Å². The molecule has 1 amide bonds. The van der Waals surface area contributed by atoms with Crippen molar-refractivity contribution in [2.75, 3.05) is 33.3 Å². The van der Waals surface area contributed by atoms with Gasteiger partial charge in [-0.3, -0.25) is 14.1 Å². The van der Waals surface area contributed by atoms with Gasteiger partial charge in [0.1, 0.15) is 5.75 Å². The second kappa shape index (κ2) is 9.58. The van der Waals surface area contributed by atoms with E-state index in [2.05, 4.69) is 21.4 Å². The summed E-state index contributed by atoms with van der Waals surface area (Å²) in [5, 5.41) is 0.723. The highest BCUT2D eigenvalue weighted by Crippen LogP contribution is 2.35. The summed E-state index contributed by atoms with van der Waals surface area (Å²) in [6, 6.07) is 23.6. The van der Waals surface area contributed by atoms with Crippen LogP contribution >= 0.6 is 22.9 Å². The second-order valence-corrected chi connectivity index (χ2v) is 10.4. The Morgan fingerprint density at radius 3 is 2.58 bits per heavy atom. The Kier molecular flexibility index (Phi) is 6.13. The van der Waals surface area contributed by atoms with Crippen molar-refractivity contribution >= 4 is 44.0 Å². The monoisotopic (exact) mass is 516 g/mol. The van der Waals surface area contributed by atoms with Crippen LogP contribution < -0.4 is 4.74 Å². The molecule has 182 valence electrons. The summed E-state index contributed by atoms with van der Waals surface area (Å²) in [5.41, 5.74) is 4.97. The number of hydrogen-bond acceptors (Lipinski definition) is 5. The summed E-state index contributed by atoms with van der Waals surface area (Å²) in [6.45, 7) is 3.73. The third-order valence-electron chi connectivity index (χ3n) is 6.70. The highest BCUT2D eigenvalue weighted by molar-refractivity contribution is 7.23. The Morgan fingerprint density at radius 2 is 1.81 bits per heavy atom. The van der Waals surface area contributed by atoms with Gasteiger partial charge in [-0.1, -0.05) is 53.3 Å². The quantitative estimate of drug-likeness (QED) is 0.294. The van der Waals surface area contributed by atoms with Gasteiger partial charge in [-0.05, 0) is 42.5 Å². The minimum Gasteiger partial charge on any atom is -0.497 e. The Balaban J connectivity index is 1.33. The number of hydrogen-bond donors (Lipinski definition) is 0. The van der Waals surface area contributed by atoms with Crippen LogP contribution in [0.5, 0.6) is 5.75 Å². The number of fused-ring (bicyclic) bond motifs is 3. The number of amides is 1. The van der Waals surface area contributed by atoms with Crippen molar-refractivity contribution in [2.24, 2.45) is 0 Å². The molecule has 0 radical (unpaired) electrons. The van der Waals surface area contributed by atoms with Crippen LogP contribution in [0.15, 0.2) is 72.8 Å². The summed E-state index contributed by atoms with van der Waals surface area (Å²) >= 11 is 7.92. The van der Waals surface area contributed by atoms with Gasteiger partial charge < -0.3 is 9.64 Å². The first-order valence-electron chi connectivity index (χ1n) is 11.9. The molecule has 8 heteroatoms. The number of halogens is 1. The summed E-state index contributed by atoms with van der Waals surface area (Å²) in [7, 11) is 1.68.